The van der Waals surface area contributed by atoms with E-state index in [0.29, 0.717) is 18.0 Å². The highest BCUT2D eigenvalue weighted by Gasteiger charge is 2.20. The smallest absolute Gasteiger partial charge is 0.255 e. The minimum Gasteiger partial charge on any atom is -0.395 e. The lowest BCUT2D eigenvalue weighted by molar-refractivity contribution is 0.152. The Labute approximate surface area is 122 Å². The van der Waals surface area contributed by atoms with Crippen LogP contribution in [0.2, 0.25) is 0 Å². The number of anilines is 1. The highest BCUT2D eigenvalue weighted by Crippen LogP contribution is 2.22. The molecule has 0 aromatic carbocycles. The molecule has 7 heteroatoms. The van der Waals surface area contributed by atoms with Crippen LogP contribution in [0.4, 0.5) is 14.6 Å². The van der Waals surface area contributed by atoms with Gasteiger partial charge in [-0.05, 0) is 18.7 Å². The number of imidazole rings is 1. The van der Waals surface area contributed by atoms with Crippen molar-refractivity contribution in [3.8, 4) is 0 Å². The summed E-state index contributed by atoms with van der Waals surface area (Å²) >= 11 is 0. The first-order valence-corrected chi connectivity index (χ1v) is 6.98. The minimum absolute atomic E-state index is 0.132. The van der Waals surface area contributed by atoms with Gasteiger partial charge in [-0.1, -0.05) is 13.0 Å². The fourth-order valence-electron chi connectivity index (χ4n) is 2.27. The van der Waals surface area contributed by atoms with Crippen LogP contribution in [0.5, 0.6) is 0 Å². The van der Waals surface area contributed by atoms with Crippen molar-refractivity contribution in [1.29, 1.82) is 0 Å². The normalized spacial score (nSPS) is 11.5. The number of nitrogens with one attached hydrogen (secondary N) is 1. The molecular weight excluding hydrogens is 278 g/mol. The molecule has 0 atom stereocenters. The molecule has 0 unspecified atom stereocenters. The number of nitrogens with zero attached hydrogens (tertiary/aromatic N) is 3. The Morgan fingerprint density at radius 2 is 2.24 bits per heavy atom. The summed E-state index contributed by atoms with van der Waals surface area (Å²) in [5.74, 6) is 0.497. The van der Waals surface area contributed by atoms with Gasteiger partial charge in [-0.15, -0.1) is 0 Å². The molecule has 2 aromatic rings. The maximum Gasteiger partial charge on any atom is 0.255 e. The van der Waals surface area contributed by atoms with Crippen LogP contribution in [0.15, 0.2) is 24.4 Å². The SMILES string of the molecule is CCNCc1c(N(CCO)CC(F)F)nc2ccccn12. The molecule has 0 saturated heterocycles. The van der Waals surface area contributed by atoms with Crippen molar-refractivity contribution >= 4 is 11.5 Å². The Bertz CT molecular complexity index is 573. The van der Waals surface area contributed by atoms with Gasteiger partial charge in [0.2, 0.25) is 0 Å². The van der Waals surface area contributed by atoms with Crippen LogP contribution in [0, 0.1) is 0 Å². The van der Waals surface area contributed by atoms with Crippen LogP contribution in [0.25, 0.3) is 5.65 Å². The molecule has 2 N–H and O–H groups in total. The van der Waals surface area contributed by atoms with Crippen molar-refractivity contribution in [2.24, 2.45) is 0 Å². The van der Waals surface area contributed by atoms with Crippen LogP contribution in [0.3, 0.4) is 0 Å². The van der Waals surface area contributed by atoms with E-state index in [1.165, 1.54) is 4.90 Å². The molecule has 2 rings (SSSR count). The highest BCUT2D eigenvalue weighted by atomic mass is 19.3. The van der Waals surface area contributed by atoms with E-state index in [1.54, 1.807) is 0 Å². The Kier molecular flexibility index (Phi) is 5.46. The van der Waals surface area contributed by atoms with Crippen LogP contribution >= 0.6 is 0 Å². The number of hydrogen-bond acceptors (Lipinski definition) is 4. The third kappa shape index (κ3) is 3.68. The Morgan fingerprint density at radius 1 is 1.43 bits per heavy atom. The quantitative estimate of drug-likeness (QED) is 0.775. The topological polar surface area (TPSA) is 52.8 Å². The second-order valence-corrected chi connectivity index (χ2v) is 4.65. The van der Waals surface area contributed by atoms with Crippen LogP contribution in [-0.4, -0.2) is 47.2 Å². The van der Waals surface area contributed by atoms with Crippen LogP contribution < -0.4 is 10.2 Å². The largest absolute Gasteiger partial charge is 0.395 e. The monoisotopic (exact) mass is 298 g/mol. The molecule has 116 valence electrons. The molecule has 0 saturated carbocycles. The standard InChI is InChI=1S/C14H20F2N4O/c1-2-17-9-11-14(19(7-8-21)10-12(15)16)18-13-5-3-4-6-20(11)13/h3-6,12,17,21H,2,7-10H2,1H3. The highest BCUT2D eigenvalue weighted by molar-refractivity contribution is 5.56. The van der Waals surface area contributed by atoms with Gasteiger partial charge in [0.15, 0.2) is 5.82 Å². The van der Waals surface area contributed by atoms with Gasteiger partial charge in [0.1, 0.15) is 5.65 Å². The first-order chi connectivity index (χ1) is 10.2. The minimum atomic E-state index is -2.48. The lowest BCUT2D eigenvalue weighted by Crippen LogP contribution is -2.33. The number of aliphatic hydroxyl groups excluding tert-OH is 1. The van der Waals surface area contributed by atoms with Gasteiger partial charge >= 0.3 is 0 Å². The van der Waals surface area contributed by atoms with E-state index in [-0.39, 0.29) is 13.2 Å². The van der Waals surface area contributed by atoms with Crippen LogP contribution in [0.1, 0.15) is 12.6 Å². The van der Waals surface area contributed by atoms with Crippen molar-refractivity contribution in [3.05, 3.63) is 30.1 Å². The number of alkyl halides is 2. The summed E-state index contributed by atoms with van der Waals surface area (Å²) in [6.07, 6.45) is -0.619. The number of aromatic nitrogens is 2. The fourth-order valence-corrected chi connectivity index (χ4v) is 2.27. The summed E-state index contributed by atoms with van der Waals surface area (Å²) in [6.45, 7) is 2.78. The number of aliphatic hydroxyl groups is 1. The molecule has 0 radical (unpaired) electrons. The third-order valence-electron chi connectivity index (χ3n) is 3.18. The number of pyridine rings is 1. The number of hydrogen-bond donors (Lipinski definition) is 2. The van der Waals surface area contributed by atoms with Gasteiger partial charge in [0, 0.05) is 19.3 Å². The molecule has 0 spiro atoms. The Balaban J connectivity index is 2.43. The predicted octanol–water partition coefficient (Wildman–Crippen LogP) is 1.51. The third-order valence-corrected chi connectivity index (χ3v) is 3.18. The Morgan fingerprint density at radius 3 is 2.90 bits per heavy atom. The lowest BCUT2D eigenvalue weighted by Gasteiger charge is -2.22. The van der Waals surface area contributed by atoms with Gasteiger partial charge in [0.25, 0.3) is 6.43 Å². The molecule has 21 heavy (non-hydrogen) atoms. The van der Waals surface area contributed by atoms with Crippen molar-refractivity contribution in [2.45, 2.75) is 19.9 Å². The van der Waals surface area contributed by atoms with Gasteiger partial charge in [-0.3, -0.25) is 0 Å². The number of rotatable bonds is 8. The molecule has 0 aliphatic rings. The first-order valence-electron chi connectivity index (χ1n) is 6.98. The zero-order valence-electron chi connectivity index (χ0n) is 12.0. The van der Waals surface area contributed by atoms with Crippen molar-refractivity contribution < 1.29 is 13.9 Å². The average molecular weight is 298 g/mol. The maximum atomic E-state index is 12.8. The van der Waals surface area contributed by atoms with E-state index in [2.05, 4.69) is 10.3 Å². The van der Waals surface area contributed by atoms with Gasteiger partial charge < -0.3 is 19.7 Å². The molecule has 0 amide bonds. The summed E-state index contributed by atoms with van der Waals surface area (Å²) in [5, 5.41) is 12.3. The zero-order valence-corrected chi connectivity index (χ0v) is 12.0. The number of fused-ring (bicyclic) bond motifs is 1. The summed E-state index contributed by atoms with van der Waals surface area (Å²) in [6, 6.07) is 5.56. The first kappa shape index (κ1) is 15.7. The Hall–Kier alpha value is -1.73. The molecule has 5 nitrogen and oxygen atoms in total. The van der Waals surface area contributed by atoms with Gasteiger partial charge in [0.05, 0.1) is 18.8 Å². The second kappa shape index (κ2) is 7.33. The summed E-state index contributed by atoms with van der Waals surface area (Å²) in [5.41, 5.74) is 1.53. The van der Waals surface area contributed by atoms with E-state index in [4.69, 9.17) is 5.11 Å². The fraction of sp³-hybridized carbons (Fsp3) is 0.500. The van der Waals surface area contributed by atoms with E-state index in [0.717, 1.165) is 12.2 Å². The van der Waals surface area contributed by atoms with Crippen molar-refractivity contribution in [1.82, 2.24) is 14.7 Å². The van der Waals surface area contributed by atoms with E-state index < -0.39 is 13.0 Å². The average Bonchev–Trinajstić information content (AvgIpc) is 2.83. The molecule has 0 aliphatic heterocycles. The van der Waals surface area contributed by atoms with Crippen molar-refractivity contribution in [3.63, 3.8) is 0 Å². The summed E-state index contributed by atoms with van der Waals surface area (Å²) in [7, 11) is 0. The molecule has 0 fully saturated rings. The van der Waals surface area contributed by atoms with E-state index in [9.17, 15) is 8.78 Å². The maximum absolute atomic E-state index is 12.8. The second-order valence-electron chi connectivity index (χ2n) is 4.65. The predicted molar refractivity (Wildman–Crippen MR) is 77.9 cm³/mol. The summed E-state index contributed by atoms with van der Waals surface area (Å²) in [4.78, 5) is 5.88. The zero-order chi connectivity index (χ0) is 15.2. The molecule has 2 aromatic heterocycles. The van der Waals surface area contributed by atoms with Crippen molar-refractivity contribution in [2.75, 3.05) is 31.1 Å². The lowest BCUT2D eigenvalue weighted by atomic mass is 10.3. The van der Waals surface area contributed by atoms with Gasteiger partial charge in [-0.2, -0.15) is 0 Å². The van der Waals surface area contributed by atoms with Gasteiger partial charge in [-0.25, -0.2) is 13.8 Å². The summed E-state index contributed by atoms with van der Waals surface area (Å²) < 4.78 is 27.4. The molecule has 0 bridgehead atoms. The molecular formula is C14H20F2N4O. The molecule has 2 heterocycles. The van der Waals surface area contributed by atoms with E-state index in [1.807, 2.05) is 35.7 Å². The van der Waals surface area contributed by atoms with E-state index >= 15 is 0 Å². The number of halogens is 2. The molecule has 0 aliphatic carbocycles. The van der Waals surface area contributed by atoms with Crippen LogP contribution in [-0.2, 0) is 6.54 Å².